The molecule has 1 spiro atoms. The van der Waals surface area contributed by atoms with Gasteiger partial charge in [-0.1, -0.05) is 41.8 Å². The molecule has 0 amide bonds. The lowest BCUT2D eigenvalue weighted by Gasteiger charge is -2.42. The van der Waals surface area contributed by atoms with E-state index >= 15 is 0 Å². The molecule has 146 valence electrons. The van der Waals surface area contributed by atoms with Crippen LogP contribution in [0.3, 0.4) is 0 Å². The number of nitrogens with two attached hydrogens (primary N) is 1. The number of halogens is 2. The van der Waals surface area contributed by atoms with Crippen LogP contribution in [0.4, 0.5) is 5.95 Å². The molecule has 0 bridgehead atoms. The first-order valence-electron chi connectivity index (χ1n) is 9.85. The topological polar surface area (TPSA) is 59.5 Å². The van der Waals surface area contributed by atoms with Crippen molar-refractivity contribution in [3.63, 3.8) is 0 Å². The number of anilines is 1. The Hall–Kier alpha value is -1.82. The van der Waals surface area contributed by atoms with Crippen LogP contribution >= 0.6 is 23.2 Å². The van der Waals surface area contributed by atoms with Gasteiger partial charge < -0.3 is 10.6 Å². The lowest BCUT2D eigenvalue weighted by molar-refractivity contribution is 0.197. The van der Waals surface area contributed by atoms with E-state index in [0.717, 1.165) is 48.5 Å². The summed E-state index contributed by atoms with van der Waals surface area (Å²) >= 11 is 12.7. The van der Waals surface area contributed by atoms with Crippen LogP contribution in [0.2, 0.25) is 10.0 Å². The first-order chi connectivity index (χ1) is 13.6. The van der Waals surface area contributed by atoms with E-state index in [9.17, 15) is 0 Å². The van der Waals surface area contributed by atoms with Crippen LogP contribution in [0.5, 0.6) is 0 Å². The second-order valence-electron chi connectivity index (χ2n) is 8.07. The van der Waals surface area contributed by atoms with Gasteiger partial charge >= 0.3 is 0 Å². The fourth-order valence-electron chi connectivity index (χ4n) is 5.00. The standard InChI is InChI=1S/C21H23Cl2N5/c22-16-4-1-3-14(19(16)23)15-11-26-20(28-13-25-12-17(15)28)27-9-7-21(8-10-27)6-2-5-18(21)24/h1,3-4,11-13,18H,2,5-10,24H2/t18-/m1/s1. The molecular formula is C21H23Cl2N5. The molecule has 1 aromatic carbocycles. The van der Waals surface area contributed by atoms with Crippen LogP contribution in [0, 0.1) is 5.41 Å². The molecular weight excluding hydrogens is 393 g/mol. The number of piperidine rings is 1. The number of hydrogen-bond acceptors (Lipinski definition) is 4. The Morgan fingerprint density at radius 3 is 2.64 bits per heavy atom. The van der Waals surface area contributed by atoms with E-state index in [0.29, 0.717) is 21.5 Å². The molecule has 3 heterocycles. The fourth-order valence-corrected chi connectivity index (χ4v) is 5.40. The summed E-state index contributed by atoms with van der Waals surface area (Å²) in [6, 6.07) is 6.01. The molecule has 2 fully saturated rings. The second-order valence-corrected chi connectivity index (χ2v) is 8.86. The average molecular weight is 416 g/mol. The monoisotopic (exact) mass is 415 g/mol. The Balaban J connectivity index is 1.50. The molecule has 3 aromatic rings. The van der Waals surface area contributed by atoms with Crippen LogP contribution in [0.25, 0.3) is 16.6 Å². The molecule has 1 aliphatic carbocycles. The highest BCUT2D eigenvalue weighted by atomic mass is 35.5. The third-order valence-corrected chi connectivity index (χ3v) is 7.52. The highest BCUT2D eigenvalue weighted by Gasteiger charge is 2.43. The van der Waals surface area contributed by atoms with E-state index in [1.54, 1.807) is 6.07 Å². The highest BCUT2D eigenvalue weighted by Crippen LogP contribution is 2.46. The largest absolute Gasteiger partial charge is 0.342 e. The van der Waals surface area contributed by atoms with Crippen LogP contribution < -0.4 is 10.6 Å². The van der Waals surface area contributed by atoms with Gasteiger partial charge in [-0.3, -0.25) is 4.40 Å². The van der Waals surface area contributed by atoms with Crippen LogP contribution in [-0.4, -0.2) is 33.5 Å². The number of benzene rings is 1. The molecule has 5 rings (SSSR count). The predicted molar refractivity (Wildman–Crippen MR) is 114 cm³/mol. The van der Waals surface area contributed by atoms with Crippen molar-refractivity contribution in [1.29, 1.82) is 0 Å². The van der Waals surface area contributed by atoms with Crippen molar-refractivity contribution in [1.82, 2.24) is 14.4 Å². The van der Waals surface area contributed by atoms with E-state index in [1.807, 2.05) is 30.9 Å². The Morgan fingerprint density at radius 2 is 1.89 bits per heavy atom. The molecule has 2 N–H and O–H groups in total. The van der Waals surface area contributed by atoms with E-state index in [2.05, 4.69) is 14.3 Å². The SMILES string of the molecule is N[C@@H]1CCCC12CCN(c1ncc(-c3cccc(Cl)c3Cl)c3cncn13)CC2. The minimum atomic E-state index is 0.332. The summed E-state index contributed by atoms with van der Waals surface area (Å²) in [7, 11) is 0. The number of nitrogens with zero attached hydrogens (tertiary/aromatic N) is 4. The number of rotatable bonds is 2. The highest BCUT2D eigenvalue weighted by molar-refractivity contribution is 6.43. The van der Waals surface area contributed by atoms with Crippen LogP contribution in [0.15, 0.2) is 36.9 Å². The Kier molecular flexibility index (Phi) is 4.49. The molecule has 1 saturated carbocycles. The third-order valence-electron chi connectivity index (χ3n) is 6.70. The number of imidazole rings is 1. The number of aromatic nitrogens is 3. The summed E-state index contributed by atoms with van der Waals surface area (Å²) in [5.41, 5.74) is 9.55. The third kappa shape index (κ3) is 2.79. The maximum absolute atomic E-state index is 6.45. The maximum atomic E-state index is 6.45. The van der Waals surface area contributed by atoms with Crippen molar-refractivity contribution in [3.05, 3.63) is 47.0 Å². The quantitative estimate of drug-likeness (QED) is 0.652. The van der Waals surface area contributed by atoms with Crippen molar-refractivity contribution in [2.75, 3.05) is 18.0 Å². The Morgan fingerprint density at radius 1 is 1.07 bits per heavy atom. The molecule has 1 atom stereocenters. The molecule has 0 unspecified atom stereocenters. The van der Waals surface area contributed by atoms with E-state index in [1.165, 1.54) is 19.3 Å². The number of fused-ring (bicyclic) bond motifs is 1. The summed E-state index contributed by atoms with van der Waals surface area (Å²) in [5, 5.41) is 1.08. The molecule has 2 aromatic heterocycles. The zero-order valence-electron chi connectivity index (χ0n) is 15.6. The van der Waals surface area contributed by atoms with E-state index < -0.39 is 0 Å². The minimum absolute atomic E-state index is 0.332. The van der Waals surface area contributed by atoms with Crippen molar-refractivity contribution in [2.24, 2.45) is 11.1 Å². The van der Waals surface area contributed by atoms with Gasteiger partial charge in [0.1, 0.15) is 6.33 Å². The first-order valence-corrected chi connectivity index (χ1v) is 10.6. The number of hydrogen-bond donors (Lipinski definition) is 1. The van der Waals surface area contributed by atoms with Crippen molar-refractivity contribution < 1.29 is 0 Å². The maximum Gasteiger partial charge on any atom is 0.211 e. The van der Waals surface area contributed by atoms with E-state index in [-0.39, 0.29) is 0 Å². The van der Waals surface area contributed by atoms with Gasteiger partial charge in [-0.25, -0.2) is 9.97 Å². The van der Waals surface area contributed by atoms with Crippen LogP contribution in [-0.2, 0) is 0 Å². The lowest BCUT2D eigenvalue weighted by Crippen LogP contribution is -2.47. The van der Waals surface area contributed by atoms with E-state index in [4.69, 9.17) is 33.9 Å². The van der Waals surface area contributed by atoms with Gasteiger partial charge in [0.2, 0.25) is 5.95 Å². The molecule has 1 saturated heterocycles. The molecule has 2 aliphatic rings. The van der Waals surface area contributed by atoms with Crippen molar-refractivity contribution in [2.45, 2.75) is 38.1 Å². The van der Waals surface area contributed by atoms with Gasteiger partial charge in [-0.15, -0.1) is 0 Å². The fraction of sp³-hybridized carbons (Fsp3) is 0.429. The smallest absolute Gasteiger partial charge is 0.211 e. The zero-order valence-corrected chi connectivity index (χ0v) is 17.1. The summed E-state index contributed by atoms with van der Waals surface area (Å²) in [6.07, 6.45) is 11.5. The van der Waals surface area contributed by atoms with Gasteiger partial charge in [0.05, 0.1) is 21.8 Å². The van der Waals surface area contributed by atoms with Gasteiger partial charge in [-0.2, -0.15) is 0 Å². The van der Waals surface area contributed by atoms with Gasteiger partial charge in [0, 0.05) is 36.5 Å². The van der Waals surface area contributed by atoms with Crippen LogP contribution in [0.1, 0.15) is 32.1 Å². The Labute approximate surface area is 174 Å². The van der Waals surface area contributed by atoms with Crippen molar-refractivity contribution >= 4 is 34.7 Å². The molecule has 28 heavy (non-hydrogen) atoms. The molecule has 1 aliphatic heterocycles. The first kappa shape index (κ1) is 18.2. The predicted octanol–water partition coefficient (Wildman–Crippen LogP) is 4.80. The molecule has 7 heteroatoms. The normalized spacial score (nSPS) is 21.7. The van der Waals surface area contributed by atoms with Gasteiger partial charge in [0.15, 0.2) is 0 Å². The zero-order chi connectivity index (χ0) is 19.3. The summed E-state index contributed by atoms with van der Waals surface area (Å²) in [6.45, 7) is 1.95. The van der Waals surface area contributed by atoms with Crippen molar-refractivity contribution in [3.8, 4) is 11.1 Å². The second kappa shape index (κ2) is 6.90. The molecule has 5 nitrogen and oxygen atoms in total. The Bertz CT molecular complexity index is 1020. The average Bonchev–Trinajstić information content (AvgIpc) is 3.32. The minimum Gasteiger partial charge on any atom is -0.342 e. The van der Waals surface area contributed by atoms with Gasteiger partial charge in [-0.05, 0) is 37.2 Å². The molecule has 0 radical (unpaired) electrons. The van der Waals surface area contributed by atoms with Gasteiger partial charge in [0.25, 0.3) is 0 Å². The lowest BCUT2D eigenvalue weighted by atomic mass is 9.74. The summed E-state index contributed by atoms with van der Waals surface area (Å²) < 4.78 is 2.05. The summed E-state index contributed by atoms with van der Waals surface area (Å²) in [4.78, 5) is 11.5. The summed E-state index contributed by atoms with van der Waals surface area (Å²) in [5.74, 6) is 0.927.